The molecule has 24 heavy (non-hydrogen) atoms. The van der Waals surface area contributed by atoms with E-state index >= 15 is 0 Å². The highest BCUT2D eigenvalue weighted by molar-refractivity contribution is 6.05. The van der Waals surface area contributed by atoms with Crippen molar-refractivity contribution in [1.29, 1.82) is 0 Å². The molecule has 2 heterocycles. The molecule has 2 aromatic rings. The quantitative estimate of drug-likeness (QED) is 0.767. The molecule has 1 aliphatic carbocycles. The predicted molar refractivity (Wildman–Crippen MR) is 93.9 cm³/mol. The Morgan fingerprint density at radius 2 is 1.75 bits per heavy atom. The molecule has 8 heteroatoms. The zero-order valence-corrected chi connectivity index (χ0v) is 13.9. The molecule has 0 amide bonds. The van der Waals surface area contributed by atoms with Crippen molar-refractivity contribution in [3.8, 4) is 5.75 Å². The van der Waals surface area contributed by atoms with Gasteiger partial charge in [0, 0.05) is 0 Å². The van der Waals surface area contributed by atoms with E-state index in [1.165, 1.54) is 19.3 Å². The molecule has 128 valence electrons. The van der Waals surface area contributed by atoms with Gasteiger partial charge in [0.2, 0.25) is 11.6 Å². The number of phenols is 1. The first-order valence-electron chi connectivity index (χ1n) is 8.02. The van der Waals surface area contributed by atoms with Gasteiger partial charge >= 0.3 is 0 Å². The van der Waals surface area contributed by atoms with Crippen LogP contribution in [0.15, 0.2) is 33.9 Å². The zero-order chi connectivity index (χ0) is 15.6. The van der Waals surface area contributed by atoms with E-state index in [0.717, 1.165) is 24.2 Å². The molecule has 3 N–H and O–H groups in total. The summed E-state index contributed by atoms with van der Waals surface area (Å²) in [5, 5.41) is 23.8. The Hall–Kier alpha value is -2.28. The SMILES string of the molecule is Cl.Oc1ccc(C2Nc3nonc3NC2=NC2CCCCC2)cc1. The molecule has 1 unspecified atom stereocenters. The molecule has 1 atom stereocenters. The van der Waals surface area contributed by atoms with Crippen molar-refractivity contribution < 1.29 is 9.74 Å². The fourth-order valence-electron chi connectivity index (χ4n) is 3.19. The van der Waals surface area contributed by atoms with Gasteiger partial charge in [-0.15, -0.1) is 12.4 Å². The Morgan fingerprint density at radius 1 is 1.04 bits per heavy atom. The summed E-state index contributed by atoms with van der Waals surface area (Å²) in [4.78, 5) is 4.92. The second kappa shape index (κ2) is 7.09. The normalized spacial score (nSPS) is 22.2. The van der Waals surface area contributed by atoms with E-state index in [0.29, 0.717) is 17.7 Å². The number of aromatic nitrogens is 2. The summed E-state index contributed by atoms with van der Waals surface area (Å²) in [5.41, 5.74) is 0.999. The lowest BCUT2D eigenvalue weighted by Crippen LogP contribution is -2.33. The van der Waals surface area contributed by atoms with Gasteiger partial charge in [-0.05, 0) is 40.9 Å². The summed E-state index contributed by atoms with van der Waals surface area (Å²) in [6.07, 6.45) is 6.01. The molecule has 0 spiro atoms. The molecule has 7 nitrogen and oxygen atoms in total. The number of hydrogen-bond acceptors (Lipinski definition) is 6. The van der Waals surface area contributed by atoms with Gasteiger partial charge in [-0.1, -0.05) is 31.4 Å². The van der Waals surface area contributed by atoms with E-state index in [2.05, 4.69) is 20.9 Å². The minimum Gasteiger partial charge on any atom is -0.508 e. The Bertz CT molecular complexity index is 710. The highest BCUT2D eigenvalue weighted by Crippen LogP contribution is 2.32. The number of halogens is 1. The Morgan fingerprint density at radius 3 is 2.50 bits per heavy atom. The van der Waals surface area contributed by atoms with Crippen LogP contribution in [0.4, 0.5) is 11.6 Å². The summed E-state index contributed by atoms with van der Waals surface area (Å²) in [5.74, 6) is 2.21. The number of nitrogens with one attached hydrogen (secondary N) is 2. The highest BCUT2D eigenvalue weighted by atomic mass is 35.5. The average molecular weight is 350 g/mol. The summed E-state index contributed by atoms with van der Waals surface area (Å²) >= 11 is 0. The summed E-state index contributed by atoms with van der Waals surface area (Å²) in [7, 11) is 0. The van der Waals surface area contributed by atoms with E-state index < -0.39 is 0 Å². The van der Waals surface area contributed by atoms with Crippen LogP contribution in [0.3, 0.4) is 0 Å². The second-order valence-corrected chi connectivity index (χ2v) is 6.06. The van der Waals surface area contributed by atoms with Crippen LogP contribution in [0.5, 0.6) is 5.75 Å². The lowest BCUT2D eigenvalue weighted by molar-refractivity contribution is 0.310. The minimum absolute atomic E-state index is 0. The van der Waals surface area contributed by atoms with Gasteiger partial charge in [-0.3, -0.25) is 4.99 Å². The number of anilines is 2. The van der Waals surface area contributed by atoms with Crippen molar-refractivity contribution in [2.45, 2.75) is 44.2 Å². The molecule has 1 aliphatic heterocycles. The summed E-state index contributed by atoms with van der Waals surface area (Å²) in [6.45, 7) is 0. The number of aromatic hydroxyl groups is 1. The van der Waals surface area contributed by atoms with Crippen LogP contribution in [0.2, 0.25) is 0 Å². The molecule has 1 fully saturated rings. The molecule has 1 aromatic carbocycles. The van der Waals surface area contributed by atoms with E-state index in [1.54, 1.807) is 12.1 Å². The highest BCUT2D eigenvalue weighted by Gasteiger charge is 2.29. The minimum atomic E-state index is -0.156. The van der Waals surface area contributed by atoms with Gasteiger partial charge in [0.15, 0.2) is 0 Å². The van der Waals surface area contributed by atoms with Crippen LogP contribution in [0.25, 0.3) is 0 Å². The molecule has 1 saturated carbocycles. The first-order chi connectivity index (χ1) is 11.3. The molecule has 2 aliphatic rings. The van der Waals surface area contributed by atoms with Gasteiger partial charge in [0.05, 0.1) is 6.04 Å². The van der Waals surface area contributed by atoms with E-state index in [1.807, 2.05) is 12.1 Å². The van der Waals surface area contributed by atoms with Crippen LogP contribution in [0, 0.1) is 0 Å². The smallest absolute Gasteiger partial charge is 0.220 e. The van der Waals surface area contributed by atoms with Crippen molar-refractivity contribution in [2.75, 3.05) is 10.6 Å². The Labute approximate surface area is 145 Å². The third-order valence-corrected chi connectivity index (χ3v) is 4.41. The van der Waals surface area contributed by atoms with Crippen LogP contribution < -0.4 is 10.6 Å². The Kier molecular flexibility index (Phi) is 4.89. The Balaban J connectivity index is 0.00000169. The van der Waals surface area contributed by atoms with E-state index in [9.17, 15) is 5.11 Å². The van der Waals surface area contributed by atoms with Gasteiger partial charge < -0.3 is 15.7 Å². The van der Waals surface area contributed by atoms with Crippen molar-refractivity contribution in [2.24, 2.45) is 4.99 Å². The molecule has 1 aromatic heterocycles. The molecule has 0 radical (unpaired) electrons. The zero-order valence-electron chi connectivity index (χ0n) is 13.1. The fourth-order valence-corrected chi connectivity index (χ4v) is 3.19. The number of nitrogens with zero attached hydrogens (tertiary/aromatic N) is 3. The average Bonchev–Trinajstić information content (AvgIpc) is 3.03. The second-order valence-electron chi connectivity index (χ2n) is 6.06. The number of phenolic OH excluding ortho intramolecular Hbond substituents is 1. The van der Waals surface area contributed by atoms with Crippen molar-refractivity contribution in [3.05, 3.63) is 29.8 Å². The van der Waals surface area contributed by atoms with Crippen molar-refractivity contribution in [1.82, 2.24) is 10.3 Å². The molecular weight excluding hydrogens is 330 g/mol. The number of amidine groups is 1. The molecule has 0 saturated heterocycles. The van der Waals surface area contributed by atoms with Crippen LogP contribution in [0.1, 0.15) is 43.7 Å². The number of hydrogen-bond donors (Lipinski definition) is 3. The van der Waals surface area contributed by atoms with Crippen LogP contribution >= 0.6 is 12.4 Å². The number of benzene rings is 1. The molecule has 4 rings (SSSR count). The largest absolute Gasteiger partial charge is 0.508 e. The van der Waals surface area contributed by atoms with Crippen molar-refractivity contribution in [3.63, 3.8) is 0 Å². The topological polar surface area (TPSA) is 95.6 Å². The van der Waals surface area contributed by atoms with Gasteiger partial charge in [0.25, 0.3) is 0 Å². The van der Waals surface area contributed by atoms with Gasteiger partial charge in [-0.2, -0.15) is 0 Å². The predicted octanol–water partition coefficient (Wildman–Crippen LogP) is 3.51. The lowest BCUT2D eigenvalue weighted by atomic mass is 9.95. The van der Waals surface area contributed by atoms with Crippen molar-refractivity contribution >= 4 is 29.9 Å². The number of aliphatic imine (C=N–C) groups is 1. The van der Waals surface area contributed by atoms with Crippen LogP contribution in [-0.4, -0.2) is 27.3 Å². The fraction of sp³-hybridized carbons (Fsp3) is 0.438. The summed E-state index contributed by atoms with van der Waals surface area (Å²) < 4.78 is 4.79. The maximum absolute atomic E-state index is 9.50. The first-order valence-corrected chi connectivity index (χ1v) is 8.02. The number of fused-ring (bicyclic) bond motifs is 1. The maximum atomic E-state index is 9.50. The monoisotopic (exact) mass is 349 g/mol. The first kappa shape index (κ1) is 16.6. The van der Waals surface area contributed by atoms with E-state index in [-0.39, 0.29) is 24.2 Å². The van der Waals surface area contributed by atoms with Gasteiger partial charge in [0.1, 0.15) is 17.6 Å². The molecular formula is C16H20ClN5O2. The third-order valence-electron chi connectivity index (χ3n) is 4.41. The van der Waals surface area contributed by atoms with Crippen LogP contribution in [-0.2, 0) is 0 Å². The maximum Gasteiger partial charge on any atom is 0.220 e. The third kappa shape index (κ3) is 3.31. The summed E-state index contributed by atoms with van der Waals surface area (Å²) in [6, 6.07) is 7.29. The lowest BCUT2D eigenvalue weighted by Gasteiger charge is -2.28. The molecule has 0 bridgehead atoms. The van der Waals surface area contributed by atoms with Gasteiger partial charge in [-0.25, -0.2) is 4.63 Å². The standard InChI is InChI=1S/C16H19N5O2.ClH/c22-12-8-6-10(7-9-12)13-14(17-11-4-2-1-3-5-11)19-16-15(18-13)20-23-21-16;/h6-9,11,13,22H,1-5H2,(H,18,20)(H,17,19,21);1H. The number of rotatable bonds is 2. The van der Waals surface area contributed by atoms with E-state index in [4.69, 9.17) is 9.62 Å².